The Morgan fingerprint density at radius 2 is 1.59 bits per heavy atom. The Kier molecular flexibility index (Phi) is 4.11. The van der Waals surface area contributed by atoms with Crippen molar-refractivity contribution in [3.8, 4) is 11.5 Å². The third-order valence-corrected chi connectivity index (χ3v) is 3.01. The third-order valence-electron chi connectivity index (χ3n) is 3.01. The maximum atomic E-state index is 12.4. The van der Waals surface area contributed by atoms with E-state index in [1.165, 1.54) is 0 Å². The summed E-state index contributed by atoms with van der Waals surface area (Å²) in [6, 6.07) is 21.8. The molecule has 3 rings (SSSR count). The molecule has 0 unspecified atom stereocenters. The molecule has 0 bridgehead atoms. The lowest BCUT2D eigenvalue weighted by Gasteiger charge is -2.11. The highest BCUT2D eigenvalue weighted by Crippen LogP contribution is 2.25. The summed E-state index contributed by atoms with van der Waals surface area (Å²) in [5.74, 6) is 1.43. The van der Waals surface area contributed by atoms with E-state index in [1.807, 2.05) is 42.5 Å². The lowest BCUT2D eigenvalue weighted by molar-refractivity contribution is 0.102. The fraction of sp³-hybridized carbons (Fsp3) is 0. The van der Waals surface area contributed by atoms with Gasteiger partial charge in [-0.25, -0.2) is 4.98 Å². The predicted octanol–water partition coefficient (Wildman–Crippen LogP) is 4.13. The van der Waals surface area contributed by atoms with Crippen LogP contribution >= 0.6 is 0 Å². The zero-order valence-corrected chi connectivity index (χ0v) is 11.8. The highest BCUT2D eigenvalue weighted by atomic mass is 16.5. The lowest BCUT2D eigenvalue weighted by Crippen LogP contribution is -2.13. The number of ether oxygens (including phenoxy) is 1. The Hall–Kier alpha value is -3.14. The fourth-order valence-electron chi connectivity index (χ4n) is 1.98. The molecule has 0 saturated heterocycles. The topological polar surface area (TPSA) is 51.2 Å². The van der Waals surface area contributed by atoms with E-state index >= 15 is 0 Å². The molecule has 1 N–H and O–H groups in total. The molecular formula is C18H14N2O2. The van der Waals surface area contributed by atoms with Gasteiger partial charge in [-0.05, 0) is 36.4 Å². The number of carbonyl (C=O) groups excluding carboxylic acids is 1. The van der Waals surface area contributed by atoms with Crippen molar-refractivity contribution in [2.75, 3.05) is 5.32 Å². The van der Waals surface area contributed by atoms with Gasteiger partial charge in [-0.3, -0.25) is 4.79 Å². The Bertz CT molecular complexity index is 758. The second-order valence-corrected chi connectivity index (χ2v) is 4.58. The maximum Gasteiger partial charge on any atom is 0.260 e. The molecule has 1 aromatic heterocycles. The standard InChI is InChI=1S/C18H14N2O2/c21-18(20-17-12-6-7-13-19-17)15-10-4-5-11-16(15)22-14-8-2-1-3-9-14/h1-13H,(H,19,20,21). The number of rotatable bonds is 4. The Labute approximate surface area is 128 Å². The van der Waals surface area contributed by atoms with Crippen molar-refractivity contribution < 1.29 is 9.53 Å². The first-order chi connectivity index (χ1) is 10.8. The minimum atomic E-state index is -0.259. The van der Waals surface area contributed by atoms with Crippen LogP contribution in [-0.2, 0) is 0 Å². The monoisotopic (exact) mass is 290 g/mol. The number of nitrogens with zero attached hydrogens (tertiary/aromatic N) is 1. The van der Waals surface area contributed by atoms with E-state index in [0.29, 0.717) is 22.9 Å². The molecule has 108 valence electrons. The molecule has 0 saturated carbocycles. The summed E-state index contributed by atoms with van der Waals surface area (Å²) in [6.45, 7) is 0. The summed E-state index contributed by atoms with van der Waals surface area (Å²) >= 11 is 0. The number of anilines is 1. The van der Waals surface area contributed by atoms with E-state index < -0.39 is 0 Å². The second kappa shape index (κ2) is 6.54. The first-order valence-electron chi connectivity index (χ1n) is 6.87. The normalized spacial score (nSPS) is 10.0. The zero-order chi connectivity index (χ0) is 15.2. The Morgan fingerprint density at radius 1 is 0.864 bits per heavy atom. The average molecular weight is 290 g/mol. The number of hydrogen-bond acceptors (Lipinski definition) is 3. The molecule has 3 aromatic rings. The molecular weight excluding hydrogens is 276 g/mol. The summed E-state index contributed by atoms with van der Waals surface area (Å²) in [6.07, 6.45) is 1.63. The first kappa shape index (κ1) is 13.8. The van der Waals surface area contributed by atoms with Crippen molar-refractivity contribution in [2.24, 2.45) is 0 Å². The number of benzene rings is 2. The SMILES string of the molecule is O=C(Nc1ccccn1)c1ccccc1Oc1ccccc1. The summed E-state index contributed by atoms with van der Waals surface area (Å²) in [4.78, 5) is 16.5. The van der Waals surface area contributed by atoms with Crippen LogP contribution in [0.2, 0.25) is 0 Å². The minimum absolute atomic E-state index is 0.259. The zero-order valence-electron chi connectivity index (χ0n) is 11.8. The number of carbonyl (C=O) groups is 1. The molecule has 0 spiro atoms. The summed E-state index contributed by atoms with van der Waals surface area (Å²) in [7, 11) is 0. The van der Waals surface area contributed by atoms with Gasteiger partial charge in [-0.1, -0.05) is 36.4 Å². The van der Waals surface area contributed by atoms with Crippen LogP contribution < -0.4 is 10.1 Å². The van der Waals surface area contributed by atoms with Gasteiger partial charge in [-0.2, -0.15) is 0 Å². The van der Waals surface area contributed by atoms with Gasteiger partial charge in [0.25, 0.3) is 5.91 Å². The van der Waals surface area contributed by atoms with Crippen molar-refractivity contribution >= 4 is 11.7 Å². The summed E-state index contributed by atoms with van der Waals surface area (Å²) in [5, 5.41) is 2.75. The van der Waals surface area contributed by atoms with Gasteiger partial charge >= 0.3 is 0 Å². The Morgan fingerprint density at radius 3 is 2.36 bits per heavy atom. The van der Waals surface area contributed by atoms with Crippen LogP contribution in [-0.4, -0.2) is 10.9 Å². The van der Waals surface area contributed by atoms with Crippen LogP contribution in [0.15, 0.2) is 79.0 Å². The number of aromatic nitrogens is 1. The maximum absolute atomic E-state index is 12.4. The van der Waals surface area contributed by atoms with Gasteiger partial charge in [-0.15, -0.1) is 0 Å². The number of hydrogen-bond donors (Lipinski definition) is 1. The first-order valence-corrected chi connectivity index (χ1v) is 6.87. The highest BCUT2D eigenvalue weighted by Gasteiger charge is 2.13. The van der Waals surface area contributed by atoms with Gasteiger partial charge in [0.15, 0.2) is 0 Å². The fourth-order valence-corrected chi connectivity index (χ4v) is 1.98. The van der Waals surface area contributed by atoms with Gasteiger partial charge in [0.2, 0.25) is 0 Å². The molecule has 4 nitrogen and oxygen atoms in total. The molecule has 0 aliphatic carbocycles. The van der Waals surface area contributed by atoms with E-state index in [2.05, 4.69) is 10.3 Å². The molecule has 22 heavy (non-hydrogen) atoms. The van der Waals surface area contributed by atoms with Gasteiger partial charge in [0.05, 0.1) is 5.56 Å². The van der Waals surface area contributed by atoms with Crippen LogP contribution in [0.25, 0.3) is 0 Å². The average Bonchev–Trinajstić information content (AvgIpc) is 2.57. The van der Waals surface area contributed by atoms with Crippen LogP contribution in [0.3, 0.4) is 0 Å². The van der Waals surface area contributed by atoms with Crippen molar-refractivity contribution in [2.45, 2.75) is 0 Å². The van der Waals surface area contributed by atoms with Crippen molar-refractivity contribution in [1.82, 2.24) is 4.98 Å². The van der Waals surface area contributed by atoms with E-state index in [-0.39, 0.29) is 5.91 Å². The molecule has 1 heterocycles. The molecule has 2 aromatic carbocycles. The molecule has 0 fully saturated rings. The minimum Gasteiger partial charge on any atom is -0.457 e. The van der Waals surface area contributed by atoms with Crippen LogP contribution in [0.1, 0.15) is 10.4 Å². The number of nitrogens with one attached hydrogen (secondary N) is 1. The van der Waals surface area contributed by atoms with Crippen LogP contribution in [0.4, 0.5) is 5.82 Å². The highest BCUT2D eigenvalue weighted by molar-refractivity contribution is 6.05. The van der Waals surface area contributed by atoms with Crippen molar-refractivity contribution in [3.05, 3.63) is 84.6 Å². The van der Waals surface area contributed by atoms with Gasteiger partial charge in [0.1, 0.15) is 17.3 Å². The number of pyridine rings is 1. The lowest BCUT2D eigenvalue weighted by atomic mass is 10.2. The molecule has 0 radical (unpaired) electrons. The Balaban J connectivity index is 1.83. The molecule has 0 aliphatic heterocycles. The quantitative estimate of drug-likeness (QED) is 0.786. The van der Waals surface area contributed by atoms with Gasteiger partial charge in [0, 0.05) is 6.20 Å². The van der Waals surface area contributed by atoms with E-state index in [9.17, 15) is 4.79 Å². The number of para-hydroxylation sites is 2. The summed E-state index contributed by atoms with van der Waals surface area (Å²) in [5.41, 5.74) is 0.456. The molecule has 0 aliphatic rings. The summed E-state index contributed by atoms with van der Waals surface area (Å²) < 4.78 is 5.79. The molecule has 4 heteroatoms. The molecule has 1 amide bonds. The molecule has 0 atom stereocenters. The van der Waals surface area contributed by atoms with Crippen LogP contribution in [0, 0.1) is 0 Å². The largest absolute Gasteiger partial charge is 0.457 e. The van der Waals surface area contributed by atoms with Gasteiger partial charge < -0.3 is 10.1 Å². The van der Waals surface area contributed by atoms with E-state index in [0.717, 1.165) is 0 Å². The number of amides is 1. The van der Waals surface area contributed by atoms with Crippen LogP contribution in [0.5, 0.6) is 11.5 Å². The second-order valence-electron chi connectivity index (χ2n) is 4.58. The third kappa shape index (κ3) is 3.30. The van der Waals surface area contributed by atoms with Crippen molar-refractivity contribution in [1.29, 1.82) is 0 Å². The van der Waals surface area contributed by atoms with E-state index in [4.69, 9.17) is 4.74 Å². The smallest absolute Gasteiger partial charge is 0.260 e. The predicted molar refractivity (Wildman–Crippen MR) is 85.1 cm³/mol. The van der Waals surface area contributed by atoms with Crippen molar-refractivity contribution in [3.63, 3.8) is 0 Å². The van der Waals surface area contributed by atoms with E-state index in [1.54, 1.807) is 36.5 Å².